The van der Waals surface area contributed by atoms with Crippen LogP contribution < -0.4 is 0 Å². The lowest BCUT2D eigenvalue weighted by Gasteiger charge is -2.61. The molecule has 0 aromatic heterocycles. The Morgan fingerprint density at radius 2 is 1.71 bits per heavy atom. The van der Waals surface area contributed by atoms with Gasteiger partial charge in [0.2, 0.25) is 0 Å². The number of aliphatic hydroxyl groups is 3. The lowest BCUT2D eigenvalue weighted by atomic mass is 9.44. The Morgan fingerprint density at radius 1 is 1.00 bits per heavy atom. The van der Waals surface area contributed by atoms with Crippen molar-refractivity contribution < 1.29 is 24.9 Å². The fourth-order valence-corrected chi connectivity index (χ4v) is 8.46. The third-order valence-electron chi connectivity index (χ3n) is 9.66. The fraction of sp³-hybridized carbons (Fsp3) is 0.957. The van der Waals surface area contributed by atoms with Gasteiger partial charge in [0.15, 0.2) is 0 Å². The first-order chi connectivity index (χ1) is 13.1. The molecule has 0 saturated heterocycles. The van der Waals surface area contributed by atoms with Gasteiger partial charge in [0.05, 0.1) is 18.3 Å². The third kappa shape index (κ3) is 2.95. The minimum absolute atomic E-state index is 0.00849. The van der Waals surface area contributed by atoms with Gasteiger partial charge in [0.1, 0.15) is 6.10 Å². The molecule has 4 saturated carbocycles. The fourth-order valence-electron chi connectivity index (χ4n) is 8.46. The van der Waals surface area contributed by atoms with Crippen molar-refractivity contribution in [3.8, 4) is 0 Å². The van der Waals surface area contributed by atoms with Crippen LogP contribution in [0.2, 0.25) is 0 Å². The Balaban J connectivity index is 1.61. The normalized spacial score (nSPS) is 54.2. The second-order valence-electron chi connectivity index (χ2n) is 10.9. The van der Waals surface area contributed by atoms with Crippen molar-refractivity contribution in [2.75, 3.05) is 0 Å². The number of esters is 1. The second-order valence-corrected chi connectivity index (χ2v) is 10.9. The maximum atomic E-state index is 11.5. The Labute approximate surface area is 168 Å². The maximum Gasteiger partial charge on any atom is 0.302 e. The lowest BCUT2D eigenvalue weighted by Crippen LogP contribution is -2.58. The monoisotopic (exact) mass is 394 g/mol. The third-order valence-corrected chi connectivity index (χ3v) is 9.66. The van der Waals surface area contributed by atoms with Gasteiger partial charge in [-0.15, -0.1) is 0 Å². The standard InChI is InChI=1S/C23H38O5/c1-12(28-13(2)24)17-10-19(26)21-15-6-5-14-9-18(25)20(27)11-23(14,4)16(15)7-8-22(17,21)3/h12,14-21,25-27H,5-11H2,1-4H3/t12?,14-,15+,16-,17-,18-,19-,20+,21+,22+,23-/m0/s1. The second kappa shape index (κ2) is 6.95. The van der Waals surface area contributed by atoms with Crippen LogP contribution >= 0.6 is 0 Å². The topological polar surface area (TPSA) is 87.0 Å². The van der Waals surface area contributed by atoms with Gasteiger partial charge in [-0.25, -0.2) is 0 Å². The molecule has 0 radical (unpaired) electrons. The van der Waals surface area contributed by atoms with E-state index in [0.29, 0.717) is 37.0 Å². The van der Waals surface area contributed by atoms with Crippen LogP contribution in [0.4, 0.5) is 0 Å². The van der Waals surface area contributed by atoms with Crippen LogP contribution in [0, 0.1) is 40.4 Å². The molecule has 0 heterocycles. The van der Waals surface area contributed by atoms with Crippen molar-refractivity contribution in [2.45, 2.75) is 97.1 Å². The van der Waals surface area contributed by atoms with E-state index in [1.807, 2.05) is 6.92 Å². The van der Waals surface area contributed by atoms with E-state index in [2.05, 4.69) is 13.8 Å². The zero-order valence-corrected chi connectivity index (χ0v) is 17.8. The zero-order valence-electron chi connectivity index (χ0n) is 17.8. The number of ether oxygens (including phenoxy) is 1. The van der Waals surface area contributed by atoms with Gasteiger partial charge in [-0.3, -0.25) is 4.79 Å². The van der Waals surface area contributed by atoms with Crippen LogP contribution in [0.5, 0.6) is 0 Å². The van der Waals surface area contributed by atoms with E-state index in [-0.39, 0.29) is 40.8 Å². The molecule has 4 fully saturated rings. The molecule has 1 unspecified atom stereocenters. The van der Waals surface area contributed by atoms with Gasteiger partial charge in [-0.2, -0.15) is 0 Å². The molecule has 3 N–H and O–H groups in total. The van der Waals surface area contributed by atoms with Crippen molar-refractivity contribution in [2.24, 2.45) is 40.4 Å². The average Bonchev–Trinajstić information content (AvgIpc) is 2.87. The predicted molar refractivity (Wildman–Crippen MR) is 105 cm³/mol. The quantitative estimate of drug-likeness (QED) is 0.627. The summed E-state index contributed by atoms with van der Waals surface area (Å²) in [7, 11) is 0. The van der Waals surface area contributed by atoms with Crippen LogP contribution in [0.15, 0.2) is 0 Å². The van der Waals surface area contributed by atoms with Gasteiger partial charge in [-0.1, -0.05) is 13.8 Å². The molecule has 28 heavy (non-hydrogen) atoms. The van der Waals surface area contributed by atoms with Gasteiger partial charge >= 0.3 is 5.97 Å². The molecule has 0 bridgehead atoms. The predicted octanol–water partition coefficient (Wildman–Crippen LogP) is 2.90. The van der Waals surface area contributed by atoms with E-state index >= 15 is 0 Å². The Morgan fingerprint density at radius 3 is 2.39 bits per heavy atom. The van der Waals surface area contributed by atoms with E-state index in [4.69, 9.17) is 4.74 Å². The van der Waals surface area contributed by atoms with E-state index in [1.54, 1.807) is 0 Å². The summed E-state index contributed by atoms with van der Waals surface area (Å²) in [4.78, 5) is 11.5. The highest BCUT2D eigenvalue weighted by Gasteiger charge is 2.64. The zero-order chi connectivity index (χ0) is 20.4. The highest BCUT2D eigenvalue weighted by atomic mass is 16.5. The Kier molecular flexibility index (Phi) is 5.12. The van der Waals surface area contributed by atoms with E-state index < -0.39 is 12.2 Å². The van der Waals surface area contributed by atoms with Crippen molar-refractivity contribution >= 4 is 5.97 Å². The number of carbonyl (C=O) groups excluding carboxylic acids is 1. The highest BCUT2D eigenvalue weighted by molar-refractivity contribution is 5.66. The first-order valence-electron chi connectivity index (χ1n) is 11.3. The van der Waals surface area contributed by atoms with Crippen molar-refractivity contribution in [3.63, 3.8) is 0 Å². The van der Waals surface area contributed by atoms with Crippen molar-refractivity contribution in [1.29, 1.82) is 0 Å². The summed E-state index contributed by atoms with van der Waals surface area (Å²) >= 11 is 0. The summed E-state index contributed by atoms with van der Waals surface area (Å²) in [6.45, 7) is 8.08. The molecule has 0 amide bonds. The summed E-state index contributed by atoms with van der Waals surface area (Å²) in [5, 5.41) is 31.7. The molecule has 4 rings (SSSR count). The smallest absolute Gasteiger partial charge is 0.302 e. The summed E-state index contributed by atoms with van der Waals surface area (Å²) in [6, 6.07) is 0. The van der Waals surface area contributed by atoms with Crippen LogP contribution in [0.1, 0.15) is 72.6 Å². The van der Waals surface area contributed by atoms with Crippen LogP contribution in [-0.2, 0) is 9.53 Å². The summed E-state index contributed by atoms with van der Waals surface area (Å²) in [6.07, 6.45) is 4.66. The molecule has 0 aliphatic heterocycles. The van der Waals surface area contributed by atoms with Gasteiger partial charge in [0, 0.05) is 12.8 Å². The minimum Gasteiger partial charge on any atom is -0.463 e. The Bertz CT molecular complexity index is 622. The number of hydrogen-bond donors (Lipinski definition) is 3. The molecule has 5 heteroatoms. The highest BCUT2D eigenvalue weighted by Crippen LogP contribution is 2.67. The average molecular weight is 395 g/mol. The maximum absolute atomic E-state index is 11.5. The molecule has 160 valence electrons. The van der Waals surface area contributed by atoms with Crippen molar-refractivity contribution in [3.05, 3.63) is 0 Å². The molecular weight excluding hydrogens is 356 g/mol. The summed E-state index contributed by atoms with van der Waals surface area (Å²) in [5.41, 5.74) is 0.0354. The molecule has 0 aromatic carbocycles. The van der Waals surface area contributed by atoms with Gasteiger partial charge in [-0.05, 0) is 86.4 Å². The van der Waals surface area contributed by atoms with Crippen LogP contribution in [0.25, 0.3) is 0 Å². The molecular formula is C23H38O5. The first kappa shape index (κ1) is 20.6. The molecule has 5 nitrogen and oxygen atoms in total. The molecule has 0 spiro atoms. The van der Waals surface area contributed by atoms with Gasteiger partial charge in [0.25, 0.3) is 0 Å². The van der Waals surface area contributed by atoms with E-state index in [0.717, 1.165) is 25.7 Å². The van der Waals surface area contributed by atoms with Crippen LogP contribution in [0.3, 0.4) is 0 Å². The molecule has 4 aliphatic carbocycles. The molecule has 4 aliphatic rings. The number of aliphatic hydroxyl groups excluding tert-OH is 3. The van der Waals surface area contributed by atoms with Crippen LogP contribution in [-0.4, -0.2) is 45.7 Å². The molecule has 11 atom stereocenters. The Hall–Kier alpha value is -0.650. The first-order valence-corrected chi connectivity index (χ1v) is 11.3. The largest absolute Gasteiger partial charge is 0.463 e. The summed E-state index contributed by atoms with van der Waals surface area (Å²) < 4.78 is 5.55. The summed E-state index contributed by atoms with van der Waals surface area (Å²) in [5.74, 6) is 1.59. The number of hydrogen-bond acceptors (Lipinski definition) is 5. The molecule has 0 aromatic rings. The SMILES string of the molecule is CC(=O)OC(C)[C@@H]1C[C@H](O)[C@H]2[C@@H]3CC[C@H]4C[C@H](O)[C@H](O)C[C@]4(C)[C@H]3CC[C@@]21C. The number of fused-ring (bicyclic) bond motifs is 5. The number of rotatable bonds is 2. The van der Waals surface area contributed by atoms with Gasteiger partial charge < -0.3 is 20.1 Å². The van der Waals surface area contributed by atoms with Crippen molar-refractivity contribution in [1.82, 2.24) is 0 Å². The van der Waals surface area contributed by atoms with E-state index in [1.165, 1.54) is 6.92 Å². The van der Waals surface area contributed by atoms with E-state index in [9.17, 15) is 20.1 Å². The minimum atomic E-state index is -0.626. The number of carbonyl (C=O) groups is 1. The lowest BCUT2D eigenvalue weighted by molar-refractivity contribution is -0.172.